The summed E-state index contributed by atoms with van der Waals surface area (Å²) in [5.41, 5.74) is 3.10. The van der Waals surface area contributed by atoms with Crippen molar-refractivity contribution >= 4 is 5.91 Å². The van der Waals surface area contributed by atoms with Crippen LogP contribution in [0.3, 0.4) is 0 Å². The SMILES string of the molecule is Cc1ccc([C@H](CNC(=O)c2ccc(OCC(C)C)cc2)N2CCOCC2)cc1. The number of rotatable bonds is 8. The van der Waals surface area contributed by atoms with Gasteiger partial charge in [-0.15, -0.1) is 0 Å². The lowest BCUT2D eigenvalue weighted by atomic mass is 10.0. The number of benzene rings is 2. The Balaban J connectivity index is 1.63. The third-order valence-corrected chi connectivity index (χ3v) is 5.10. The van der Waals surface area contributed by atoms with E-state index in [1.165, 1.54) is 11.1 Å². The van der Waals surface area contributed by atoms with E-state index in [4.69, 9.17) is 9.47 Å². The van der Waals surface area contributed by atoms with Crippen molar-refractivity contribution in [3.8, 4) is 5.75 Å². The molecule has 1 fully saturated rings. The van der Waals surface area contributed by atoms with Gasteiger partial charge in [0.25, 0.3) is 5.91 Å². The van der Waals surface area contributed by atoms with Crippen LogP contribution in [0.4, 0.5) is 0 Å². The highest BCUT2D eigenvalue weighted by atomic mass is 16.5. The van der Waals surface area contributed by atoms with Crippen molar-refractivity contribution in [2.45, 2.75) is 26.8 Å². The zero-order valence-corrected chi connectivity index (χ0v) is 17.7. The molecule has 2 aromatic carbocycles. The van der Waals surface area contributed by atoms with E-state index >= 15 is 0 Å². The number of ether oxygens (including phenoxy) is 2. The summed E-state index contributed by atoms with van der Waals surface area (Å²) < 4.78 is 11.2. The van der Waals surface area contributed by atoms with E-state index in [0.29, 0.717) is 24.6 Å². The molecule has 1 saturated heterocycles. The maximum absolute atomic E-state index is 12.7. The predicted octanol–water partition coefficient (Wildman–Crippen LogP) is 3.83. The highest BCUT2D eigenvalue weighted by Gasteiger charge is 2.23. The van der Waals surface area contributed by atoms with E-state index in [0.717, 1.165) is 32.1 Å². The summed E-state index contributed by atoms with van der Waals surface area (Å²) in [4.78, 5) is 15.1. The molecule has 0 saturated carbocycles. The Morgan fingerprint density at radius 1 is 1.07 bits per heavy atom. The second kappa shape index (κ2) is 10.4. The van der Waals surface area contributed by atoms with E-state index in [1.807, 2.05) is 24.3 Å². The van der Waals surface area contributed by atoms with Gasteiger partial charge < -0.3 is 14.8 Å². The third kappa shape index (κ3) is 6.31. The van der Waals surface area contributed by atoms with Gasteiger partial charge in [-0.2, -0.15) is 0 Å². The number of nitrogens with one attached hydrogen (secondary N) is 1. The van der Waals surface area contributed by atoms with E-state index in [1.54, 1.807) is 0 Å². The average molecular weight is 397 g/mol. The zero-order valence-electron chi connectivity index (χ0n) is 17.7. The summed E-state index contributed by atoms with van der Waals surface area (Å²) in [5, 5.41) is 3.12. The van der Waals surface area contributed by atoms with Crippen LogP contribution in [-0.2, 0) is 4.74 Å². The molecule has 0 bridgehead atoms. The fourth-order valence-electron chi connectivity index (χ4n) is 3.39. The first-order valence-electron chi connectivity index (χ1n) is 10.4. The molecule has 1 heterocycles. The smallest absolute Gasteiger partial charge is 0.251 e. The van der Waals surface area contributed by atoms with Crippen molar-refractivity contribution in [3.05, 3.63) is 65.2 Å². The zero-order chi connectivity index (χ0) is 20.6. The summed E-state index contributed by atoms with van der Waals surface area (Å²) in [6, 6.07) is 16.1. The largest absolute Gasteiger partial charge is 0.493 e. The Hall–Kier alpha value is -2.37. The molecular formula is C24H32N2O3. The number of carbonyl (C=O) groups excluding carboxylic acids is 1. The molecule has 5 nitrogen and oxygen atoms in total. The van der Waals surface area contributed by atoms with Crippen LogP contribution in [0.25, 0.3) is 0 Å². The second-order valence-corrected chi connectivity index (χ2v) is 8.01. The van der Waals surface area contributed by atoms with E-state index in [2.05, 4.69) is 55.3 Å². The van der Waals surface area contributed by atoms with E-state index in [-0.39, 0.29) is 11.9 Å². The molecule has 156 valence electrons. The van der Waals surface area contributed by atoms with Crippen molar-refractivity contribution in [1.29, 1.82) is 0 Å². The van der Waals surface area contributed by atoms with Gasteiger partial charge in [0.15, 0.2) is 0 Å². The summed E-state index contributed by atoms with van der Waals surface area (Å²) >= 11 is 0. The molecule has 1 aliphatic heterocycles. The van der Waals surface area contributed by atoms with Crippen molar-refractivity contribution in [2.75, 3.05) is 39.5 Å². The lowest BCUT2D eigenvalue weighted by molar-refractivity contribution is 0.0162. The minimum absolute atomic E-state index is 0.0641. The molecule has 3 rings (SSSR count). The van der Waals surface area contributed by atoms with Crippen LogP contribution in [0.15, 0.2) is 48.5 Å². The summed E-state index contributed by atoms with van der Waals surface area (Å²) in [6.45, 7) is 10.7. The molecule has 29 heavy (non-hydrogen) atoms. The summed E-state index contributed by atoms with van der Waals surface area (Å²) in [5.74, 6) is 1.20. The highest BCUT2D eigenvalue weighted by molar-refractivity contribution is 5.94. The standard InChI is InChI=1S/C24H32N2O3/c1-18(2)17-29-22-10-8-21(9-11-22)24(27)25-16-23(26-12-14-28-15-13-26)20-6-4-19(3)5-7-20/h4-11,18,23H,12-17H2,1-3H3,(H,25,27)/t23-/m0/s1. The molecule has 0 spiro atoms. The molecule has 1 aliphatic rings. The first kappa shape index (κ1) is 21.3. The van der Waals surface area contributed by atoms with Crippen molar-refractivity contribution in [1.82, 2.24) is 10.2 Å². The normalized spacial score (nSPS) is 15.9. The van der Waals surface area contributed by atoms with Gasteiger partial charge in [0.05, 0.1) is 25.9 Å². The minimum atomic E-state index is -0.0641. The number of hydrogen-bond donors (Lipinski definition) is 1. The van der Waals surface area contributed by atoms with Crippen molar-refractivity contribution < 1.29 is 14.3 Å². The van der Waals surface area contributed by atoms with Gasteiger partial charge in [-0.3, -0.25) is 9.69 Å². The van der Waals surface area contributed by atoms with Crippen LogP contribution in [0, 0.1) is 12.8 Å². The molecule has 1 amide bonds. The molecule has 0 radical (unpaired) electrons. The molecule has 2 aromatic rings. The lowest BCUT2D eigenvalue weighted by Crippen LogP contribution is -2.43. The highest BCUT2D eigenvalue weighted by Crippen LogP contribution is 2.22. The minimum Gasteiger partial charge on any atom is -0.493 e. The Kier molecular flexibility index (Phi) is 7.67. The molecule has 1 N–H and O–H groups in total. The number of morpholine rings is 1. The molecule has 0 aromatic heterocycles. The molecule has 5 heteroatoms. The Morgan fingerprint density at radius 3 is 2.34 bits per heavy atom. The first-order valence-corrected chi connectivity index (χ1v) is 10.4. The molecule has 0 aliphatic carbocycles. The third-order valence-electron chi connectivity index (χ3n) is 5.10. The van der Waals surface area contributed by atoms with Gasteiger partial charge in [-0.25, -0.2) is 0 Å². The predicted molar refractivity (Wildman–Crippen MR) is 115 cm³/mol. The molecule has 1 atom stereocenters. The van der Waals surface area contributed by atoms with Crippen molar-refractivity contribution in [3.63, 3.8) is 0 Å². The fraction of sp³-hybridized carbons (Fsp3) is 0.458. The second-order valence-electron chi connectivity index (χ2n) is 8.01. The van der Waals surface area contributed by atoms with Gasteiger partial charge in [-0.1, -0.05) is 43.7 Å². The summed E-state index contributed by atoms with van der Waals surface area (Å²) in [6.07, 6.45) is 0. The lowest BCUT2D eigenvalue weighted by Gasteiger charge is -2.35. The molecular weight excluding hydrogens is 364 g/mol. The average Bonchev–Trinajstić information content (AvgIpc) is 2.74. The topological polar surface area (TPSA) is 50.8 Å². The first-order chi connectivity index (χ1) is 14.0. The van der Waals surface area contributed by atoms with Gasteiger partial charge in [0.2, 0.25) is 0 Å². The van der Waals surface area contributed by atoms with Crippen LogP contribution in [0.5, 0.6) is 5.75 Å². The summed E-state index contributed by atoms with van der Waals surface area (Å²) in [7, 11) is 0. The van der Waals surface area contributed by atoms with Gasteiger partial charge in [0.1, 0.15) is 5.75 Å². The number of hydrogen-bond acceptors (Lipinski definition) is 4. The number of amides is 1. The van der Waals surface area contributed by atoms with Crippen LogP contribution in [-0.4, -0.2) is 50.3 Å². The Labute approximate surface area is 174 Å². The monoisotopic (exact) mass is 396 g/mol. The Bertz CT molecular complexity index is 766. The van der Waals surface area contributed by atoms with Crippen LogP contribution in [0.2, 0.25) is 0 Å². The molecule has 0 unspecified atom stereocenters. The number of aryl methyl sites for hydroxylation is 1. The fourth-order valence-corrected chi connectivity index (χ4v) is 3.39. The Morgan fingerprint density at radius 2 is 1.72 bits per heavy atom. The number of nitrogens with zero attached hydrogens (tertiary/aromatic N) is 1. The van der Waals surface area contributed by atoms with E-state index in [9.17, 15) is 4.79 Å². The quantitative estimate of drug-likeness (QED) is 0.737. The van der Waals surface area contributed by atoms with Crippen LogP contribution >= 0.6 is 0 Å². The van der Waals surface area contributed by atoms with Crippen LogP contribution < -0.4 is 10.1 Å². The van der Waals surface area contributed by atoms with Gasteiger partial charge in [0, 0.05) is 25.2 Å². The van der Waals surface area contributed by atoms with E-state index < -0.39 is 0 Å². The van der Waals surface area contributed by atoms with Crippen LogP contribution in [0.1, 0.15) is 41.4 Å². The maximum Gasteiger partial charge on any atom is 0.251 e. The number of carbonyl (C=O) groups is 1. The van der Waals surface area contributed by atoms with Gasteiger partial charge in [-0.05, 0) is 42.7 Å². The van der Waals surface area contributed by atoms with Gasteiger partial charge >= 0.3 is 0 Å². The maximum atomic E-state index is 12.7. The van der Waals surface area contributed by atoms with Crippen molar-refractivity contribution in [2.24, 2.45) is 5.92 Å².